The molecule has 2 N–H and O–H groups in total. The van der Waals surface area contributed by atoms with E-state index in [0.717, 1.165) is 5.56 Å². The van der Waals surface area contributed by atoms with Gasteiger partial charge >= 0.3 is 0 Å². The summed E-state index contributed by atoms with van der Waals surface area (Å²) in [6.07, 6.45) is 0.171. The Morgan fingerprint density at radius 3 is 2.93 bits per heavy atom. The van der Waals surface area contributed by atoms with Crippen molar-refractivity contribution >= 4 is 29.0 Å². The minimum atomic E-state index is -0.391. The number of nitrogens with zero attached hydrogens (tertiary/aromatic N) is 1. The minimum Gasteiger partial charge on any atom is -0.494 e. The van der Waals surface area contributed by atoms with E-state index in [0.29, 0.717) is 11.4 Å². The predicted octanol–water partition coefficient (Wildman–Crippen LogP) is 1.46. The van der Waals surface area contributed by atoms with E-state index in [1.807, 2.05) is 0 Å². The Morgan fingerprint density at radius 2 is 2.40 bits per heavy atom. The first-order valence-corrected chi connectivity index (χ1v) is 4.61. The van der Waals surface area contributed by atoms with Gasteiger partial charge in [-0.2, -0.15) is 4.99 Å². The van der Waals surface area contributed by atoms with E-state index >= 15 is 0 Å². The summed E-state index contributed by atoms with van der Waals surface area (Å²) in [4.78, 5) is 14.5. The lowest BCUT2D eigenvalue weighted by molar-refractivity contribution is -0.117. The zero-order valence-electron chi connectivity index (χ0n) is 8.19. The molecule has 0 spiro atoms. The van der Waals surface area contributed by atoms with Crippen LogP contribution >= 0.6 is 12.2 Å². The predicted molar refractivity (Wildman–Crippen MR) is 60.6 cm³/mol. The van der Waals surface area contributed by atoms with Crippen LogP contribution in [-0.4, -0.2) is 18.2 Å². The molecule has 0 radical (unpaired) electrons. The van der Waals surface area contributed by atoms with Crippen LogP contribution in [0, 0.1) is 0 Å². The first-order valence-electron chi connectivity index (χ1n) is 4.20. The molecule has 0 bridgehead atoms. The van der Waals surface area contributed by atoms with Gasteiger partial charge < -0.3 is 10.5 Å². The van der Waals surface area contributed by atoms with Crippen LogP contribution in [0.1, 0.15) is 5.56 Å². The molecule has 0 aromatic heterocycles. The van der Waals surface area contributed by atoms with Gasteiger partial charge in [-0.1, -0.05) is 6.07 Å². The van der Waals surface area contributed by atoms with E-state index < -0.39 is 5.91 Å². The van der Waals surface area contributed by atoms with Crippen LogP contribution in [-0.2, 0) is 11.2 Å². The number of benzene rings is 1. The highest BCUT2D eigenvalue weighted by Crippen LogP contribution is 2.27. The first-order chi connectivity index (χ1) is 7.17. The number of carbonyl (C=O) groups is 1. The number of carbonyl (C=O) groups excluding carboxylic acids is 1. The molecule has 78 valence electrons. The van der Waals surface area contributed by atoms with Gasteiger partial charge in [0, 0.05) is 0 Å². The van der Waals surface area contributed by atoms with E-state index in [1.54, 1.807) is 18.2 Å². The third-order valence-electron chi connectivity index (χ3n) is 1.79. The number of primary amides is 1. The van der Waals surface area contributed by atoms with Crippen LogP contribution < -0.4 is 10.5 Å². The second-order valence-electron chi connectivity index (χ2n) is 2.85. The smallest absolute Gasteiger partial charge is 0.221 e. The molecular formula is C10H10N2O2S. The molecule has 0 heterocycles. The van der Waals surface area contributed by atoms with E-state index in [2.05, 4.69) is 22.4 Å². The molecule has 0 fully saturated rings. The summed E-state index contributed by atoms with van der Waals surface area (Å²) < 4.78 is 5.06. The Balaban J connectivity index is 3.09. The van der Waals surface area contributed by atoms with Gasteiger partial charge in [0.15, 0.2) is 0 Å². The van der Waals surface area contributed by atoms with Gasteiger partial charge in [-0.15, -0.1) is 0 Å². The zero-order chi connectivity index (χ0) is 11.3. The van der Waals surface area contributed by atoms with Gasteiger partial charge in [-0.25, -0.2) is 0 Å². The van der Waals surface area contributed by atoms with Crippen molar-refractivity contribution in [3.05, 3.63) is 23.8 Å². The zero-order valence-corrected chi connectivity index (χ0v) is 9.00. The van der Waals surface area contributed by atoms with Crippen LogP contribution in [0.4, 0.5) is 5.69 Å². The maximum absolute atomic E-state index is 10.7. The number of rotatable bonds is 4. The monoisotopic (exact) mass is 222 g/mol. The summed E-state index contributed by atoms with van der Waals surface area (Å²) in [6.45, 7) is 0. The van der Waals surface area contributed by atoms with Gasteiger partial charge in [0.25, 0.3) is 0 Å². The lowest BCUT2D eigenvalue weighted by atomic mass is 10.1. The first kappa shape index (κ1) is 11.4. The van der Waals surface area contributed by atoms with Crippen molar-refractivity contribution in [2.24, 2.45) is 10.7 Å². The van der Waals surface area contributed by atoms with Crippen molar-refractivity contribution in [2.75, 3.05) is 7.11 Å². The topological polar surface area (TPSA) is 64.7 Å². The van der Waals surface area contributed by atoms with Crippen molar-refractivity contribution in [1.82, 2.24) is 0 Å². The molecule has 0 saturated heterocycles. The van der Waals surface area contributed by atoms with Crippen LogP contribution in [0.15, 0.2) is 23.2 Å². The highest BCUT2D eigenvalue weighted by molar-refractivity contribution is 7.78. The SMILES string of the molecule is COc1ccc(CC(N)=O)cc1N=C=S. The minimum absolute atomic E-state index is 0.171. The summed E-state index contributed by atoms with van der Waals surface area (Å²) in [5.74, 6) is 0.193. The number of ether oxygens (including phenoxy) is 1. The fourth-order valence-electron chi connectivity index (χ4n) is 1.18. The summed E-state index contributed by atoms with van der Waals surface area (Å²) in [7, 11) is 1.53. The molecule has 1 rings (SSSR count). The second-order valence-corrected chi connectivity index (χ2v) is 3.03. The highest BCUT2D eigenvalue weighted by atomic mass is 32.1. The number of isothiocyanates is 1. The average Bonchev–Trinajstić information content (AvgIpc) is 2.18. The van der Waals surface area contributed by atoms with Gasteiger partial charge in [-0.3, -0.25) is 4.79 Å². The maximum Gasteiger partial charge on any atom is 0.221 e. The lowest BCUT2D eigenvalue weighted by Gasteiger charge is -2.05. The van der Waals surface area contributed by atoms with E-state index in [9.17, 15) is 4.79 Å². The quantitative estimate of drug-likeness (QED) is 0.619. The van der Waals surface area contributed by atoms with Gasteiger partial charge in [0.2, 0.25) is 5.91 Å². The molecule has 4 nitrogen and oxygen atoms in total. The van der Waals surface area contributed by atoms with E-state index in [1.165, 1.54) is 7.11 Å². The number of methoxy groups -OCH3 is 1. The summed E-state index contributed by atoms with van der Waals surface area (Å²) in [5, 5.41) is 2.25. The summed E-state index contributed by atoms with van der Waals surface area (Å²) >= 11 is 4.51. The molecule has 0 saturated carbocycles. The van der Waals surface area contributed by atoms with Crippen LogP contribution in [0.5, 0.6) is 5.75 Å². The highest BCUT2D eigenvalue weighted by Gasteiger charge is 2.04. The number of thiocarbonyl (C=S) groups is 1. The molecule has 0 aliphatic carbocycles. The Morgan fingerprint density at radius 1 is 1.67 bits per heavy atom. The Bertz CT molecular complexity index is 425. The van der Waals surface area contributed by atoms with Gasteiger partial charge in [0.1, 0.15) is 11.4 Å². The number of nitrogens with two attached hydrogens (primary N) is 1. The molecule has 1 aromatic rings. The van der Waals surface area contributed by atoms with Gasteiger partial charge in [-0.05, 0) is 29.9 Å². The Labute approximate surface area is 92.8 Å². The van der Waals surface area contributed by atoms with Crippen molar-refractivity contribution in [2.45, 2.75) is 6.42 Å². The van der Waals surface area contributed by atoms with Crippen LogP contribution in [0.3, 0.4) is 0 Å². The van der Waals surface area contributed by atoms with E-state index in [-0.39, 0.29) is 6.42 Å². The Hall–Kier alpha value is -1.71. The molecule has 0 unspecified atom stereocenters. The molecule has 15 heavy (non-hydrogen) atoms. The van der Waals surface area contributed by atoms with Gasteiger partial charge in [0.05, 0.1) is 18.7 Å². The number of aliphatic imine (C=N–C) groups is 1. The summed E-state index contributed by atoms with van der Waals surface area (Å²) in [6, 6.07) is 5.17. The fourth-order valence-corrected chi connectivity index (χ4v) is 1.28. The van der Waals surface area contributed by atoms with Crippen LogP contribution in [0.2, 0.25) is 0 Å². The number of amides is 1. The third-order valence-corrected chi connectivity index (χ3v) is 1.88. The molecule has 0 aliphatic rings. The summed E-state index contributed by atoms with van der Waals surface area (Å²) in [5.41, 5.74) is 6.40. The molecule has 1 aromatic carbocycles. The Kier molecular flexibility index (Phi) is 3.97. The van der Waals surface area contributed by atoms with E-state index in [4.69, 9.17) is 10.5 Å². The van der Waals surface area contributed by atoms with Crippen molar-refractivity contribution in [3.63, 3.8) is 0 Å². The van der Waals surface area contributed by atoms with Crippen molar-refractivity contribution in [3.8, 4) is 5.75 Å². The second kappa shape index (κ2) is 5.24. The number of hydrogen-bond acceptors (Lipinski definition) is 4. The third kappa shape index (κ3) is 3.16. The number of hydrogen-bond donors (Lipinski definition) is 1. The molecular weight excluding hydrogens is 212 g/mol. The normalized spacial score (nSPS) is 9.13. The lowest BCUT2D eigenvalue weighted by Crippen LogP contribution is -2.13. The van der Waals surface area contributed by atoms with Crippen molar-refractivity contribution < 1.29 is 9.53 Å². The molecule has 0 atom stereocenters. The standard InChI is InChI=1S/C10H10N2O2S/c1-14-9-3-2-7(5-10(11)13)4-8(9)12-6-15/h2-4H,5H2,1H3,(H2,11,13). The average molecular weight is 222 g/mol. The molecule has 0 aliphatic heterocycles. The fraction of sp³-hybridized carbons (Fsp3) is 0.200. The van der Waals surface area contributed by atoms with Crippen molar-refractivity contribution in [1.29, 1.82) is 0 Å². The largest absolute Gasteiger partial charge is 0.494 e. The molecule has 1 amide bonds. The molecule has 5 heteroatoms. The van der Waals surface area contributed by atoms with Crippen LogP contribution in [0.25, 0.3) is 0 Å². The maximum atomic E-state index is 10.7.